The molecule has 1 aromatic heterocycles. The Morgan fingerprint density at radius 2 is 1.75 bits per heavy atom. The third-order valence-corrected chi connectivity index (χ3v) is 4.51. The molecule has 32 heavy (non-hydrogen) atoms. The number of nitrogens with zero attached hydrogens (tertiary/aromatic N) is 3. The lowest BCUT2D eigenvalue weighted by atomic mass is 10.1. The van der Waals surface area contributed by atoms with E-state index in [1.807, 2.05) is 0 Å². The number of carbonyl (C=O) groups is 5. The van der Waals surface area contributed by atoms with E-state index >= 15 is 0 Å². The van der Waals surface area contributed by atoms with Crippen LogP contribution in [-0.4, -0.2) is 58.0 Å². The Balaban J connectivity index is 1.35. The minimum absolute atomic E-state index is 0.0436. The molecule has 0 radical (unpaired) electrons. The Morgan fingerprint density at radius 1 is 1.06 bits per heavy atom. The third-order valence-electron chi connectivity index (χ3n) is 4.51. The monoisotopic (exact) mass is 442 g/mol. The van der Waals surface area contributed by atoms with E-state index in [0.717, 1.165) is 4.90 Å². The van der Waals surface area contributed by atoms with Crippen molar-refractivity contribution in [3.63, 3.8) is 0 Å². The Morgan fingerprint density at radius 3 is 2.41 bits per heavy atom. The Hall–Kier alpha value is -4.35. The van der Waals surface area contributed by atoms with Gasteiger partial charge in [-0.25, -0.2) is 9.59 Å². The number of carboxylic acids is 1. The van der Waals surface area contributed by atoms with Crippen LogP contribution in [0.1, 0.15) is 29.6 Å². The molecular formula is C20H20N5O7+. The molecular weight excluding hydrogens is 422 g/mol. The molecule has 2 aromatic rings. The van der Waals surface area contributed by atoms with Gasteiger partial charge in [-0.05, 0) is 23.2 Å². The van der Waals surface area contributed by atoms with E-state index in [0.29, 0.717) is 12.1 Å². The molecule has 1 aromatic carbocycles. The van der Waals surface area contributed by atoms with Gasteiger partial charge in [0.1, 0.15) is 5.78 Å². The summed E-state index contributed by atoms with van der Waals surface area (Å²) in [5, 5.41) is 17.7. The molecule has 0 saturated heterocycles. The van der Waals surface area contributed by atoms with Crippen LogP contribution in [0.3, 0.4) is 0 Å². The molecule has 0 fully saturated rings. The highest BCUT2D eigenvalue weighted by atomic mass is 16.5. The van der Waals surface area contributed by atoms with Gasteiger partial charge >= 0.3 is 17.9 Å². The first-order valence-electron chi connectivity index (χ1n) is 9.66. The summed E-state index contributed by atoms with van der Waals surface area (Å²) in [6, 6.07) is 5.36. The molecule has 12 nitrogen and oxygen atoms in total. The van der Waals surface area contributed by atoms with Crippen molar-refractivity contribution < 1.29 is 38.3 Å². The van der Waals surface area contributed by atoms with Crippen molar-refractivity contribution in [1.82, 2.24) is 15.5 Å². The SMILES string of the molecule is O=C(CCCNC(=O)Nc1c[n+](-c2ccc(C(=O)O)cc2)no1)CCN1C(=O)C=CC1=O. The van der Waals surface area contributed by atoms with Crippen LogP contribution in [0.25, 0.3) is 5.69 Å². The number of anilines is 1. The van der Waals surface area contributed by atoms with Crippen LogP contribution in [0, 0.1) is 0 Å². The van der Waals surface area contributed by atoms with E-state index in [4.69, 9.17) is 9.63 Å². The standard InChI is InChI=1S/C20H19N5O7/c26-15(9-11-24-17(27)7-8-18(24)28)2-1-10-21-20(31)22-16-12-25(23-32-16)14-5-3-13(4-6-14)19(29)30/h3-8,12H,1-2,9-11H2,(H2-,21,22,23,29,30,31)/p+1. The summed E-state index contributed by atoms with van der Waals surface area (Å²) in [5.74, 6) is -1.95. The molecule has 0 saturated carbocycles. The maximum Gasteiger partial charge on any atom is 0.335 e. The largest absolute Gasteiger partial charge is 0.478 e. The van der Waals surface area contributed by atoms with Crippen LogP contribution >= 0.6 is 0 Å². The van der Waals surface area contributed by atoms with Gasteiger partial charge in [0.05, 0.1) is 5.56 Å². The summed E-state index contributed by atoms with van der Waals surface area (Å²) in [5.41, 5.74) is 0.669. The topological polar surface area (TPSA) is 163 Å². The van der Waals surface area contributed by atoms with E-state index in [9.17, 15) is 24.0 Å². The average molecular weight is 442 g/mol. The van der Waals surface area contributed by atoms with Gasteiger partial charge in [0, 0.05) is 50.2 Å². The molecule has 1 aliphatic rings. The molecule has 3 N–H and O–H groups in total. The van der Waals surface area contributed by atoms with E-state index in [2.05, 4.69) is 15.9 Å². The maximum absolute atomic E-state index is 11.9. The van der Waals surface area contributed by atoms with Gasteiger partial charge in [-0.15, -0.1) is 0 Å². The van der Waals surface area contributed by atoms with Crippen LogP contribution in [0.4, 0.5) is 10.7 Å². The Bertz CT molecular complexity index is 1060. The number of nitrogens with one attached hydrogen (secondary N) is 2. The lowest BCUT2D eigenvalue weighted by Crippen LogP contribution is -2.32. The number of carbonyl (C=O) groups excluding carboxylic acids is 4. The number of imide groups is 1. The summed E-state index contributed by atoms with van der Waals surface area (Å²) in [4.78, 5) is 58.6. The number of ketones is 1. The number of amides is 4. The Kier molecular flexibility index (Phi) is 7.06. The fourth-order valence-electron chi connectivity index (χ4n) is 2.84. The minimum Gasteiger partial charge on any atom is -0.478 e. The number of urea groups is 1. The summed E-state index contributed by atoms with van der Waals surface area (Å²) in [6.07, 6.45) is 4.39. The number of rotatable bonds is 10. The van der Waals surface area contributed by atoms with Gasteiger partial charge in [0.2, 0.25) is 11.0 Å². The van der Waals surface area contributed by atoms with Crippen LogP contribution in [0.2, 0.25) is 0 Å². The highest BCUT2D eigenvalue weighted by Gasteiger charge is 2.23. The van der Waals surface area contributed by atoms with E-state index in [1.54, 1.807) is 12.1 Å². The maximum atomic E-state index is 11.9. The van der Waals surface area contributed by atoms with Crippen molar-refractivity contribution in [2.75, 3.05) is 18.4 Å². The van der Waals surface area contributed by atoms with E-state index < -0.39 is 23.8 Å². The number of aromatic carboxylic acids is 1. The van der Waals surface area contributed by atoms with Crippen LogP contribution in [0.15, 0.2) is 47.1 Å². The van der Waals surface area contributed by atoms with E-state index in [1.165, 1.54) is 35.2 Å². The molecule has 4 amide bonds. The molecule has 0 spiro atoms. The molecule has 0 aliphatic carbocycles. The van der Waals surface area contributed by atoms with Crippen molar-refractivity contribution in [2.24, 2.45) is 0 Å². The van der Waals surface area contributed by atoms with Crippen LogP contribution in [-0.2, 0) is 14.4 Å². The second-order valence-electron chi connectivity index (χ2n) is 6.80. The molecule has 3 rings (SSSR count). The zero-order valence-electron chi connectivity index (χ0n) is 16.8. The first-order chi connectivity index (χ1) is 15.3. The van der Waals surface area contributed by atoms with Gasteiger partial charge in [-0.1, -0.05) is 0 Å². The fourth-order valence-corrected chi connectivity index (χ4v) is 2.84. The molecule has 1 aliphatic heterocycles. The van der Waals surface area contributed by atoms with Gasteiger partial charge in [0.15, 0.2) is 0 Å². The molecule has 12 heteroatoms. The average Bonchev–Trinajstić information content (AvgIpc) is 3.36. The van der Waals surface area contributed by atoms with Gasteiger partial charge in [-0.3, -0.25) is 29.1 Å². The number of benzene rings is 1. The zero-order chi connectivity index (χ0) is 23.1. The predicted molar refractivity (Wildman–Crippen MR) is 107 cm³/mol. The number of aromatic nitrogens is 2. The van der Waals surface area contributed by atoms with E-state index in [-0.39, 0.29) is 43.2 Å². The van der Waals surface area contributed by atoms with Crippen molar-refractivity contribution in [3.8, 4) is 5.69 Å². The number of hydrogen-bond donors (Lipinski definition) is 3. The smallest absolute Gasteiger partial charge is 0.335 e. The first kappa shape index (κ1) is 22.3. The van der Waals surface area contributed by atoms with Gasteiger partial charge < -0.3 is 10.4 Å². The fraction of sp³-hybridized carbons (Fsp3) is 0.250. The van der Waals surface area contributed by atoms with Crippen molar-refractivity contribution >= 4 is 35.5 Å². The highest BCUT2D eigenvalue weighted by molar-refractivity contribution is 6.13. The summed E-state index contributed by atoms with van der Waals surface area (Å²) in [6.45, 7) is 0.271. The third kappa shape index (κ3) is 5.84. The molecule has 0 bridgehead atoms. The second kappa shape index (κ2) is 10.1. The van der Waals surface area contributed by atoms with Crippen molar-refractivity contribution in [3.05, 3.63) is 48.2 Å². The molecule has 0 unspecified atom stereocenters. The second-order valence-corrected chi connectivity index (χ2v) is 6.80. The highest BCUT2D eigenvalue weighted by Crippen LogP contribution is 2.08. The zero-order valence-corrected chi connectivity index (χ0v) is 16.8. The number of carboxylic acid groups (broad SMARTS) is 1. The molecule has 166 valence electrons. The predicted octanol–water partition coefficient (Wildman–Crippen LogP) is 0.435. The van der Waals surface area contributed by atoms with Crippen LogP contribution in [0.5, 0.6) is 0 Å². The minimum atomic E-state index is -1.04. The van der Waals surface area contributed by atoms with Crippen LogP contribution < -0.4 is 15.3 Å². The van der Waals surface area contributed by atoms with Crippen molar-refractivity contribution in [2.45, 2.75) is 19.3 Å². The molecule has 2 heterocycles. The number of hydrogen-bond acceptors (Lipinski definition) is 7. The quantitative estimate of drug-likeness (QED) is 0.271. The number of Topliss-reactive ketones (excluding diaryl/α,β-unsaturated/α-hetero) is 1. The van der Waals surface area contributed by atoms with Crippen molar-refractivity contribution in [1.29, 1.82) is 0 Å². The summed E-state index contributed by atoms with van der Waals surface area (Å²) in [7, 11) is 0. The Labute approximate surface area is 181 Å². The summed E-state index contributed by atoms with van der Waals surface area (Å²) < 4.78 is 6.34. The lowest BCUT2D eigenvalue weighted by molar-refractivity contribution is -0.670. The van der Waals surface area contributed by atoms with Gasteiger partial charge in [-0.2, -0.15) is 0 Å². The van der Waals surface area contributed by atoms with Gasteiger partial charge in [0.25, 0.3) is 18.0 Å². The first-order valence-corrected chi connectivity index (χ1v) is 9.66. The normalized spacial score (nSPS) is 12.8. The summed E-state index contributed by atoms with van der Waals surface area (Å²) >= 11 is 0. The molecule has 0 atom stereocenters. The lowest BCUT2D eigenvalue weighted by Gasteiger charge is -2.12.